The molecule has 2 rings (SSSR count). The van der Waals surface area contributed by atoms with E-state index in [9.17, 15) is 13.6 Å². The third kappa shape index (κ3) is 2.70. The lowest BCUT2D eigenvalue weighted by molar-refractivity contribution is -0.120. The molecule has 0 spiro atoms. The fraction of sp³-hybridized carbons (Fsp3) is 0.417. The number of anilines is 1. The highest BCUT2D eigenvalue weighted by Gasteiger charge is 2.29. The minimum absolute atomic E-state index is 0.00426. The second-order valence-corrected chi connectivity index (χ2v) is 5.24. The van der Waals surface area contributed by atoms with Gasteiger partial charge in [-0.05, 0) is 41.9 Å². The number of benzene rings is 1. The van der Waals surface area contributed by atoms with Gasteiger partial charge in [0.2, 0.25) is 5.91 Å². The Labute approximate surface area is 112 Å². The van der Waals surface area contributed by atoms with E-state index in [4.69, 9.17) is 0 Å². The summed E-state index contributed by atoms with van der Waals surface area (Å²) in [6.07, 6.45) is 0.748. The molecule has 2 unspecified atom stereocenters. The molecule has 0 bridgehead atoms. The van der Waals surface area contributed by atoms with Crippen LogP contribution in [-0.4, -0.2) is 18.5 Å². The zero-order chi connectivity index (χ0) is 13.3. The molecule has 0 aromatic heterocycles. The summed E-state index contributed by atoms with van der Waals surface area (Å²) in [5.41, 5.74) is 0.255. The third-order valence-electron chi connectivity index (χ3n) is 3.11. The van der Waals surface area contributed by atoms with Crippen molar-refractivity contribution in [2.24, 2.45) is 5.92 Å². The van der Waals surface area contributed by atoms with E-state index in [-0.39, 0.29) is 28.0 Å². The van der Waals surface area contributed by atoms with E-state index >= 15 is 0 Å². The summed E-state index contributed by atoms with van der Waals surface area (Å²) in [7, 11) is 0. The first-order valence-electron chi connectivity index (χ1n) is 5.68. The molecule has 0 radical (unpaired) electrons. The standard InChI is InChI=1S/C12H13BrF2N2O/c1-6-8(2-3-16-6)12(18)17-7-4-9(13)11(15)10(14)5-7/h4-6,8,16H,2-3H2,1H3,(H,17,18). The number of carbonyl (C=O) groups is 1. The van der Waals surface area contributed by atoms with E-state index in [2.05, 4.69) is 26.6 Å². The van der Waals surface area contributed by atoms with Gasteiger partial charge >= 0.3 is 0 Å². The molecule has 3 nitrogen and oxygen atoms in total. The number of halogens is 3. The van der Waals surface area contributed by atoms with Crippen molar-refractivity contribution < 1.29 is 13.6 Å². The second kappa shape index (κ2) is 5.32. The van der Waals surface area contributed by atoms with E-state index < -0.39 is 11.6 Å². The largest absolute Gasteiger partial charge is 0.326 e. The van der Waals surface area contributed by atoms with Crippen LogP contribution in [0.2, 0.25) is 0 Å². The van der Waals surface area contributed by atoms with Gasteiger partial charge in [0.25, 0.3) is 0 Å². The van der Waals surface area contributed by atoms with Crippen LogP contribution in [0.15, 0.2) is 16.6 Å². The van der Waals surface area contributed by atoms with Gasteiger partial charge in [-0.15, -0.1) is 0 Å². The lowest BCUT2D eigenvalue weighted by Gasteiger charge is -2.15. The Morgan fingerprint density at radius 1 is 1.50 bits per heavy atom. The fourth-order valence-electron chi connectivity index (χ4n) is 2.08. The molecular formula is C12H13BrF2N2O. The minimum Gasteiger partial charge on any atom is -0.326 e. The number of rotatable bonds is 2. The first kappa shape index (κ1) is 13.4. The molecule has 1 aliphatic rings. The maximum Gasteiger partial charge on any atom is 0.229 e. The Morgan fingerprint density at radius 2 is 2.22 bits per heavy atom. The maximum absolute atomic E-state index is 13.2. The summed E-state index contributed by atoms with van der Waals surface area (Å²) in [6.45, 7) is 2.72. The van der Waals surface area contributed by atoms with Gasteiger partial charge in [0.1, 0.15) is 0 Å². The lowest BCUT2D eigenvalue weighted by atomic mass is 10.0. The van der Waals surface area contributed by atoms with Crippen molar-refractivity contribution in [1.29, 1.82) is 0 Å². The first-order valence-corrected chi connectivity index (χ1v) is 6.47. The summed E-state index contributed by atoms with van der Waals surface area (Å²) in [5, 5.41) is 5.77. The van der Waals surface area contributed by atoms with E-state index in [0.29, 0.717) is 0 Å². The highest BCUT2D eigenvalue weighted by atomic mass is 79.9. The van der Waals surface area contributed by atoms with Gasteiger partial charge in [-0.25, -0.2) is 8.78 Å². The molecule has 0 saturated carbocycles. The van der Waals surface area contributed by atoms with E-state index in [0.717, 1.165) is 19.0 Å². The Morgan fingerprint density at radius 3 is 2.78 bits per heavy atom. The second-order valence-electron chi connectivity index (χ2n) is 4.38. The molecule has 18 heavy (non-hydrogen) atoms. The normalized spacial score (nSPS) is 23.1. The Bertz CT molecular complexity index is 458. The Kier molecular flexibility index (Phi) is 3.97. The quantitative estimate of drug-likeness (QED) is 0.823. The van der Waals surface area contributed by atoms with Crippen LogP contribution in [-0.2, 0) is 4.79 Å². The summed E-state index contributed by atoms with van der Waals surface area (Å²) in [6, 6.07) is 2.42. The number of carbonyl (C=O) groups excluding carboxylic acids is 1. The molecule has 1 aliphatic heterocycles. The zero-order valence-corrected chi connectivity index (χ0v) is 11.4. The molecule has 2 N–H and O–H groups in total. The summed E-state index contributed by atoms with van der Waals surface area (Å²) >= 11 is 2.90. The van der Waals surface area contributed by atoms with Crippen LogP contribution >= 0.6 is 15.9 Å². The zero-order valence-electron chi connectivity index (χ0n) is 9.77. The number of hydrogen-bond donors (Lipinski definition) is 2. The molecule has 1 heterocycles. The summed E-state index contributed by atoms with van der Waals surface area (Å²) < 4.78 is 26.2. The van der Waals surface area contributed by atoms with Crippen LogP contribution in [0.3, 0.4) is 0 Å². The van der Waals surface area contributed by atoms with Crippen molar-refractivity contribution in [3.8, 4) is 0 Å². The van der Waals surface area contributed by atoms with Gasteiger partial charge in [-0.2, -0.15) is 0 Å². The predicted molar refractivity (Wildman–Crippen MR) is 68.3 cm³/mol. The van der Waals surface area contributed by atoms with Gasteiger partial charge in [0.05, 0.1) is 10.4 Å². The lowest BCUT2D eigenvalue weighted by Crippen LogP contribution is -2.32. The highest BCUT2D eigenvalue weighted by Crippen LogP contribution is 2.24. The van der Waals surface area contributed by atoms with Crippen LogP contribution in [0.4, 0.5) is 14.5 Å². The molecule has 98 valence electrons. The molecule has 1 saturated heterocycles. The first-order chi connectivity index (χ1) is 8.49. The van der Waals surface area contributed by atoms with Crippen molar-refractivity contribution >= 4 is 27.5 Å². The maximum atomic E-state index is 13.2. The number of amides is 1. The van der Waals surface area contributed by atoms with Crippen LogP contribution in [0.1, 0.15) is 13.3 Å². The summed E-state index contributed by atoms with van der Waals surface area (Å²) in [5.74, 6) is -2.26. The van der Waals surface area contributed by atoms with Crippen LogP contribution in [0.5, 0.6) is 0 Å². The summed E-state index contributed by atoms with van der Waals surface area (Å²) in [4.78, 5) is 12.0. The van der Waals surface area contributed by atoms with Gasteiger partial charge < -0.3 is 10.6 Å². The van der Waals surface area contributed by atoms with Crippen molar-refractivity contribution in [3.05, 3.63) is 28.2 Å². The molecule has 2 atom stereocenters. The topological polar surface area (TPSA) is 41.1 Å². The molecule has 1 aromatic rings. The monoisotopic (exact) mass is 318 g/mol. The van der Waals surface area contributed by atoms with Gasteiger partial charge in [-0.3, -0.25) is 4.79 Å². The van der Waals surface area contributed by atoms with Crippen LogP contribution in [0.25, 0.3) is 0 Å². The Balaban J connectivity index is 2.12. The van der Waals surface area contributed by atoms with Crippen LogP contribution in [0, 0.1) is 17.6 Å². The van der Waals surface area contributed by atoms with Gasteiger partial charge in [0, 0.05) is 17.8 Å². The third-order valence-corrected chi connectivity index (χ3v) is 3.69. The van der Waals surface area contributed by atoms with E-state index in [1.807, 2.05) is 6.92 Å². The molecule has 0 aliphatic carbocycles. The van der Waals surface area contributed by atoms with Crippen LogP contribution < -0.4 is 10.6 Å². The van der Waals surface area contributed by atoms with Crippen molar-refractivity contribution in [2.75, 3.05) is 11.9 Å². The predicted octanol–water partition coefficient (Wildman–Crippen LogP) is 2.66. The van der Waals surface area contributed by atoms with Crippen molar-refractivity contribution in [2.45, 2.75) is 19.4 Å². The molecule has 6 heteroatoms. The average Bonchev–Trinajstić information content (AvgIpc) is 2.72. The van der Waals surface area contributed by atoms with E-state index in [1.54, 1.807) is 0 Å². The molecule has 1 amide bonds. The van der Waals surface area contributed by atoms with Gasteiger partial charge in [0.15, 0.2) is 11.6 Å². The van der Waals surface area contributed by atoms with Crippen molar-refractivity contribution in [3.63, 3.8) is 0 Å². The Hall–Kier alpha value is -1.01. The highest BCUT2D eigenvalue weighted by molar-refractivity contribution is 9.10. The molecule has 1 fully saturated rings. The smallest absolute Gasteiger partial charge is 0.229 e. The van der Waals surface area contributed by atoms with Crippen molar-refractivity contribution in [1.82, 2.24) is 5.32 Å². The molecule has 1 aromatic carbocycles. The molecular weight excluding hydrogens is 306 g/mol. The van der Waals surface area contributed by atoms with Gasteiger partial charge in [-0.1, -0.05) is 0 Å². The average molecular weight is 319 g/mol. The van der Waals surface area contributed by atoms with E-state index in [1.165, 1.54) is 6.07 Å². The fourth-order valence-corrected chi connectivity index (χ4v) is 2.52. The minimum atomic E-state index is -0.989. The number of nitrogens with one attached hydrogen (secondary N) is 2. The number of hydrogen-bond acceptors (Lipinski definition) is 2. The SMILES string of the molecule is CC1NCCC1C(=O)Nc1cc(F)c(F)c(Br)c1.